The van der Waals surface area contributed by atoms with Crippen molar-refractivity contribution in [2.75, 3.05) is 11.5 Å². The molecule has 0 bridgehead atoms. The number of nitrogen functional groups attached to an aromatic ring is 2. The molecule has 1 aliphatic rings. The quantitative estimate of drug-likeness (QED) is 0.0406. The molecule has 0 heterocycles. The molecule has 2 atom stereocenters. The molecular weight excluding hydrogens is 761 g/mol. The Morgan fingerprint density at radius 1 is 0.444 bits per heavy atom. The van der Waals surface area contributed by atoms with Crippen molar-refractivity contribution >= 4 is 11.4 Å². The van der Waals surface area contributed by atoms with E-state index in [-0.39, 0.29) is 5.41 Å². The summed E-state index contributed by atoms with van der Waals surface area (Å²) in [4.78, 5) is 0. The number of anilines is 2. The van der Waals surface area contributed by atoms with Crippen molar-refractivity contribution in [2.45, 2.75) is 232 Å². The van der Waals surface area contributed by atoms with Crippen LogP contribution in [0.2, 0.25) is 0 Å². The Bertz CT molecular complexity index is 1710. The predicted octanol–water partition coefficient (Wildman–Crippen LogP) is 18.6. The minimum Gasteiger partial charge on any atom is -0.399 e. The first-order valence-corrected chi connectivity index (χ1v) is 26.7. The summed E-state index contributed by atoms with van der Waals surface area (Å²) in [7, 11) is 0. The Morgan fingerprint density at radius 2 is 0.794 bits per heavy atom. The van der Waals surface area contributed by atoms with Crippen LogP contribution < -0.4 is 11.5 Å². The van der Waals surface area contributed by atoms with Crippen LogP contribution in [0.25, 0.3) is 0 Å². The second kappa shape index (κ2) is 27.7. The summed E-state index contributed by atoms with van der Waals surface area (Å²) in [6, 6.07) is 33.5. The fourth-order valence-electron chi connectivity index (χ4n) is 11.5. The van der Waals surface area contributed by atoms with Gasteiger partial charge in [-0.25, -0.2) is 0 Å². The van der Waals surface area contributed by atoms with E-state index >= 15 is 0 Å². The van der Waals surface area contributed by atoms with Crippen LogP contribution in [-0.4, -0.2) is 0 Å². The van der Waals surface area contributed by atoms with Crippen LogP contribution >= 0.6 is 0 Å². The largest absolute Gasteiger partial charge is 0.399 e. The topological polar surface area (TPSA) is 52.0 Å². The third kappa shape index (κ3) is 15.6. The lowest BCUT2D eigenvalue weighted by molar-refractivity contribution is 0.250. The lowest BCUT2D eigenvalue weighted by Crippen LogP contribution is -2.33. The Labute approximate surface area is 388 Å². The molecule has 4 N–H and O–H groups in total. The van der Waals surface area contributed by atoms with Crippen LogP contribution in [0.15, 0.2) is 84.9 Å². The molecule has 4 aromatic rings. The number of hydrogen-bond acceptors (Lipinski definition) is 2. The van der Waals surface area contributed by atoms with E-state index in [9.17, 15) is 0 Å². The third-order valence-electron chi connectivity index (χ3n) is 15.4. The molecule has 2 heteroatoms. The van der Waals surface area contributed by atoms with Gasteiger partial charge in [0.2, 0.25) is 0 Å². The van der Waals surface area contributed by atoms with Gasteiger partial charge in [0.15, 0.2) is 0 Å². The van der Waals surface area contributed by atoms with E-state index in [0.717, 1.165) is 17.3 Å². The first-order chi connectivity index (χ1) is 30.8. The van der Waals surface area contributed by atoms with Gasteiger partial charge < -0.3 is 11.5 Å². The van der Waals surface area contributed by atoms with Gasteiger partial charge in [0.1, 0.15) is 0 Å². The van der Waals surface area contributed by atoms with Crippen molar-refractivity contribution in [2.24, 2.45) is 5.92 Å². The van der Waals surface area contributed by atoms with Crippen molar-refractivity contribution in [3.63, 3.8) is 0 Å². The SMILES string of the molecule is CCCCCCCCCCC(c1ccc(C2(c3ccc(C(CCCCCCCCCC)c4ccc(N)cc4C)cc3)CCC(CCCCCCC)CC2)cc1)c1ccc(N)cc1C. The number of nitrogens with two attached hydrogens (primary N) is 2. The highest BCUT2D eigenvalue weighted by atomic mass is 14.5. The van der Waals surface area contributed by atoms with E-state index in [4.69, 9.17) is 11.5 Å². The Balaban J connectivity index is 1.39. The molecule has 0 radical (unpaired) electrons. The molecule has 0 spiro atoms. The number of aryl methyl sites for hydroxylation is 2. The average Bonchev–Trinajstić information content (AvgIpc) is 3.29. The molecule has 0 amide bonds. The summed E-state index contributed by atoms with van der Waals surface area (Å²) in [5.41, 5.74) is 25.9. The summed E-state index contributed by atoms with van der Waals surface area (Å²) >= 11 is 0. The van der Waals surface area contributed by atoms with E-state index < -0.39 is 0 Å². The smallest absolute Gasteiger partial charge is 0.0316 e. The molecular formula is C61H92N2. The zero-order valence-corrected chi connectivity index (χ0v) is 41.3. The molecule has 1 fully saturated rings. The van der Waals surface area contributed by atoms with Crippen molar-refractivity contribution < 1.29 is 0 Å². The van der Waals surface area contributed by atoms with Gasteiger partial charge in [-0.2, -0.15) is 0 Å². The number of benzene rings is 4. The molecule has 63 heavy (non-hydrogen) atoms. The van der Waals surface area contributed by atoms with Crippen LogP contribution in [0.1, 0.15) is 257 Å². The second-order valence-corrected chi connectivity index (χ2v) is 20.3. The minimum atomic E-state index is 0.0462. The fourth-order valence-corrected chi connectivity index (χ4v) is 11.5. The van der Waals surface area contributed by atoms with Gasteiger partial charge >= 0.3 is 0 Å². The zero-order chi connectivity index (χ0) is 44.7. The standard InChI is InChI=1S/C61H92N2/c1-6-9-12-15-17-19-22-25-28-59(57-40-38-55(62)46-48(57)4)51-30-34-53(35-31-51)61(44-42-50(43-45-61)27-24-21-14-11-8-3)54-36-32-52(33-37-54)60(58-41-39-56(63)47-49(58)5)29-26-23-20-18-16-13-10-7-2/h30-41,46-47,50,59-60H,6-29,42-45,62-63H2,1-5H3. The molecule has 1 aliphatic carbocycles. The van der Waals surface area contributed by atoms with E-state index in [1.165, 1.54) is 224 Å². The normalized spacial score (nSPS) is 17.5. The number of unbranched alkanes of at least 4 members (excludes halogenated alkanes) is 18. The monoisotopic (exact) mass is 853 g/mol. The summed E-state index contributed by atoms with van der Waals surface area (Å²) in [6.07, 6.45) is 37.5. The number of hydrogen-bond donors (Lipinski definition) is 2. The summed E-state index contributed by atoms with van der Waals surface area (Å²) in [5.74, 6) is 1.65. The summed E-state index contributed by atoms with van der Waals surface area (Å²) in [6.45, 7) is 11.5. The molecule has 2 nitrogen and oxygen atoms in total. The summed E-state index contributed by atoms with van der Waals surface area (Å²) < 4.78 is 0. The Kier molecular flexibility index (Phi) is 22.2. The van der Waals surface area contributed by atoms with Gasteiger partial charge in [-0.3, -0.25) is 0 Å². The fraction of sp³-hybridized carbons (Fsp3) is 0.607. The van der Waals surface area contributed by atoms with Gasteiger partial charge in [-0.1, -0.05) is 223 Å². The highest BCUT2D eigenvalue weighted by molar-refractivity contribution is 5.51. The van der Waals surface area contributed by atoms with E-state index in [1.54, 1.807) is 0 Å². The summed E-state index contributed by atoms with van der Waals surface area (Å²) in [5, 5.41) is 0. The van der Waals surface area contributed by atoms with Crippen molar-refractivity contribution in [3.05, 3.63) is 129 Å². The van der Waals surface area contributed by atoms with Gasteiger partial charge in [0.05, 0.1) is 0 Å². The Hall–Kier alpha value is -3.52. The molecule has 0 saturated heterocycles. The van der Waals surface area contributed by atoms with Crippen LogP contribution in [0, 0.1) is 19.8 Å². The van der Waals surface area contributed by atoms with Crippen LogP contribution in [-0.2, 0) is 5.41 Å². The highest BCUT2D eigenvalue weighted by Gasteiger charge is 2.38. The molecule has 346 valence electrons. The van der Waals surface area contributed by atoms with E-state index in [1.807, 2.05) is 0 Å². The average molecular weight is 853 g/mol. The lowest BCUT2D eigenvalue weighted by atomic mass is 9.62. The van der Waals surface area contributed by atoms with Gasteiger partial charge in [-0.05, 0) is 127 Å². The lowest BCUT2D eigenvalue weighted by Gasteiger charge is -2.42. The zero-order valence-electron chi connectivity index (χ0n) is 41.3. The van der Waals surface area contributed by atoms with Crippen LogP contribution in [0.3, 0.4) is 0 Å². The Morgan fingerprint density at radius 3 is 1.16 bits per heavy atom. The maximum absolute atomic E-state index is 6.30. The van der Waals surface area contributed by atoms with Gasteiger partial charge in [-0.15, -0.1) is 0 Å². The molecule has 0 aliphatic heterocycles. The van der Waals surface area contributed by atoms with E-state index in [0.29, 0.717) is 11.8 Å². The molecule has 2 unspecified atom stereocenters. The third-order valence-corrected chi connectivity index (χ3v) is 15.4. The second-order valence-electron chi connectivity index (χ2n) is 20.3. The predicted molar refractivity (Wildman–Crippen MR) is 278 cm³/mol. The van der Waals surface area contributed by atoms with Crippen LogP contribution in [0.4, 0.5) is 11.4 Å². The maximum atomic E-state index is 6.30. The minimum absolute atomic E-state index is 0.0462. The molecule has 1 saturated carbocycles. The maximum Gasteiger partial charge on any atom is 0.0316 e. The van der Waals surface area contributed by atoms with Crippen molar-refractivity contribution in [1.82, 2.24) is 0 Å². The van der Waals surface area contributed by atoms with Crippen molar-refractivity contribution in [3.8, 4) is 0 Å². The van der Waals surface area contributed by atoms with E-state index in [2.05, 4.69) is 120 Å². The van der Waals surface area contributed by atoms with Crippen molar-refractivity contribution in [1.29, 1.82) is 0 Å². The highest BCUT2D eigenvalue weighted by Crippen LogP contribution is 2.49. The van der Waals surface area contributed by atoms with Crippen LogP contribution in [0.5, 0.6) is 0 Å². The molecule has 5 rings (SSSR count). The number of rotatable bonds is 30. The first kappa shape index (κ1) is 50.5. The van der Waals surface area contributed by atoms with Gasteiger partial charge in [0, 0.05) is 28.6 Å². The van der Waals surface area contributed by atoms with Gasteiger partial charge in [0.25, 0.3) is 0 Å². The molecule has 4 aromatic carbocycles. The molecule has 0 aromatic heterocycles. The first-order valence-electron chi connectivity index (χ1n) is 26.7.